The van der Waals surface area contributed by atoms with Crippen molar-refractivity contribution in [3.05, 3.63) is 50.1 Å². The van der Waals surface area contributed by atoms with E-state index in [1.165, 1.54) is 17.3 Å². The molecule has 0 fully saturated rings. The number of nitrogens with zero attached hydrogens (tertiary/aromatic N) is 2. The van der Waals surface area contributed by atoms with Gasteiger partial charge in [-0.15, -0.1) is 11.3 Å². The molecule has 3 aromatic rings. The lowest BCUT2D eigenvalue weighted by molar-refractivity contribution is -0.120. The van der Waals surface area contributed by atoms with Crippen LogP contribution in [-0.2, 0) is 11.2 Å². The number of hydrogen-bond donors (Lipinski definition) is 1. The lowest BCUT2D eigenvalue weighted by atomic mass is 10.1. The quantitative estimate of drug-likeness (QED) is 0.433. The molecule has 0 radical (unpaired) electrons. The Hall–Kier alpha value is -2.12. The summed E-state index contributed by atoms with van der Waals surface area (Å²) in [6.07, 6.45) is 0.787. The number of thioether (sulfide) groups is 1. The van der Waals surface area contributed by atoms with E-state index in [2.05, 4.69) is 19.2 Å². The van der Waals surface area contributed by atoms with Crippen molar-refractivity contribution < 1.29 is 4.79 Å². The molecule has 1 atom stereocenters. The molecular formula is C23H29N3O2S2. The second-order valence-corrected chi connectivity index (χ2v) is 10.4. The topological polar surface area (TPSA) is 64.0 Å². The fraction of sp³-hybridized carbons (Fsp3) is 0.435. The maximum atomic E-state index is 13.7. The van der Waals surface area contributed by atoms with Gasteiger partial charge in [0.25, 0.3) is 5.56 Å². The minimum atomic E-state index is -0.374. The maximum absolute atomic E-state index is 13.7. The predicted molar refractivity (Wildman–Crippen MR) is 127 cm³/mol. The van der Waals surface area contributed by atoms with Gasteiger partial charge in [0.15, 0.2) is 5.16 Å². The number of hydrogen-bond acceptors (Lipinski definition) is 5. The van der Waals surface area contributed by atoms with E-state index in [-0.39, 0.29) is 22.8 Å². The minimum absolute atomic E-state index is 0.0602. The van der Waals surface area contributed by atoms with Gasteiger partial charge < -0.3 is 5.32 Å². The fourth-order valence-corrected chi connectivity index (χ4v) is 5.50. The Labute approximate surface area is 185 Å². The normalized spacial score (nSPS) is 12.5. The van der Waals surface area contributed by atoms with Gasteiger partial charge in [0.1, 0.15) is 4.83 Å². The highest BCUT2D eigenvalue weighted by atomic mass is 32.2. The van der Waals surface area contributed by atoms with Crippen molar-refractivity contribution >= 4 is 39.2 Å². The largest absolute Gasteiger partial charge is 0.353 e. The van der Waals surface area contributed by atoms with Crippen LogP contribution in [0.15, 0.2) is 28.2 Å². The SMILES string of the molecule is CCc1c(C)sc2nc(SC(C)C(=O)NC(C)C)n(-c3ccc(C)c(C)c3)c(=O)c12. The van der Waals surface area contributed by atoms with Gasteiger partial charge in [0.2, 0.25) is 5.91 Å². The van der Waals surface area contributed by atoms with Gasteiger partial charge in [-0.25, -0.2) is 4.98 Å². The Morgan fingerprint density at radius 3 is 2.50 bits per heavy atom. The first-order chi connectivity index (χ1) is 14.1. The molecule has 0 saturated heterocycles. The molecule has 0 aliphatic rings. The summed E-state index contributed by atoms with van der Waals surface area (Å²) in [6.45, 7) is 13.9. The van der Waals surface area contributed by atoms with Crippen LogP contribution < -0.4 is 10.9 Å². The highest BCUT2D eigenvalue weighted by Gasteiger charge is 2.23. The van der Waals surface area contributed by atoms with Crippen molar-refractivity contribution in [2.24, 2.45) is 0 Å². The standard InChI is InChI=1S/C23H29N3O2S2/c1-8-18-15(6)29-21-19(18)22(28)26(17-10-9-13(4)14(5)11-17)23(25-21)30-16(7)20(27)24-12(2)3/h9-12,16H,8H2,1-7H3,(H,24,27). The number of benzene rings is 1. The molecule has 1 N–H and O–H groups in total. The summed E-state index contributed by atoms with van der Waals surface area (Å²) >= 11 is 2.87. The molecule has 1 unspecified atom stereocenters. The third-order valence-electron chi connectivity index (χ3n) is 5.18. The molecule has 3 rings (SSSR count). The summed E-state index contributed by atoms with van der Waals surface area (Å²) in [5.74, 6) is -0.0624. The van der Waals surface area contributed by atoms with Gasteiger partial charge in [-0.2, -0.15) is 0 Å². The molecule has 0 saturated carbocycles. The van der Waals surface area contributed by atoms with Crippen LogP contribution in [0.1, 0.15) is 49.3 Å². The summed E-state index contributed by atoms with van der Waals surface area (Å²) in [4.78, 5) is 32.9. The summed E-state index contributed by atoms with van der Waals surface area (Å²) in [7, 11) is 0. The third kappa shape index (κ3) is 4.32. The van der Waals surface area contributed by atoms with Crippen LogP contribution in [0.25, 0.3) is 15.9 Å². The summed E-state index contributed by atoms with van der Waals surface area (Å²) in [6, 6.07) is 6.04. The molecule has 0 bridgehead atoms. The number of nitrogens with one attached hydrogen (secondary N) is 1. The summed E-state index contributed by atoms with van der Waals surface area (Å²) in [5, 5.41) is 3.81. The van der Waals surface area contributed by atoms with Gasteiger partial charge in [0, 0.05) is 10.9 Å². The number of fused-ring (bicyclic) bond motifs is 1. The van der Waals surface area contributed by atoms with Crippen molar-refractivity contribution in [1.29, 1.82) is 0 Å². The molecule has 0 aliphatic heterocycles. The van der Waals surface area contributed by atoms with E-state index in [0.29, 0.717) is 10.5 Å². The molecule has 5 nitrogen and oxygen atoms in total. The smallest absolute Gasteiger partial charge is 0.267 e. The molecule has 7 heteroatoms. The third-order valence-corrected chi connectivity index (χ3v) is 7.27. The molecule has 0 aliphatic carbocycles. The number of carbonyl (C=O) groups is 1. The van der Waals surface area contributed by atoms with Gasteiger partial charge in [-0.05, 0) is 76.8 Å². The summed E-state index contributed by atoms with van der Waals surface area (Å²) < 4.78 is 1.67. The van der Waals surface area contributed by atoms with E-state index in [4.69, 9.17) is 4.98 Å². The number of rotatable bonds is 6. The van der Waals surface area contributed by atoms with Crippen LogP contribution >= 0.6 is 23.1 Å². The van der Waals surface area contributed by atoms with Crippen LogP contribution in [0.4, 0.5) is 0 Å². The average molecular weight is 444 g/mol. The number of aromatic nitrogens is 2. The van der Waals surface area contributed by atoms with E-state index in [9.17, 15) is 9.59 Å². The first-order valence-corrected chi connectivity index (χ1v) is 11.9. The van der Waals surface area contributed by atoms with Crippen LogP contribution in [0.5, 0.6) is 0 Å². The van der Waals surface area contributed by atoms with Gasteiger partial charge >= 0.3 is 0 Å². The molecule has 160 valence electrons. The lowest BCUT2D eigenvalue weighted by Gasteiger charge is -2.17. The molecule has 30 heavy (non-hydrogen) atoms. The Bertz CT molecular complexity index is 1160. The van der Waals surface area contributed by atoms with Crippen LogP contribution in [0, 0.1) is 20.8 Å². The Morgan fingerprint density at radius 1 is 1.20 bits per heavy atom. The second kappa shape index (κ2) is 8.94. The maximum Gasteiger partial charge on any atom is 0.267 e. The van der Waals surface area contributed by atoms with Crippen LogP contribution in [0.3, 0.4) is 0 Å². The van der Waals surface area contributed by atoms with Crippen molar-refractivity contribution in [3.8, 4) is 5.69 Å². The van der Waals surface area contributed by atoms with E-state index >= 15 is 0 Å². The Morgan fingerprint density at radius 2 is 1.90 bits per heavy atom. The molecule has 1 aromatic carbocycles. The molecule has 2 heterocycles. The predicted octanol–water partition coefficient (Wildman–Crippen LogP) is 4.94. The van der Waals surface area contributed by atoms with Gasteiger partial charge in [0.05, 0.1) is 16.3 Å². The number of amides is 1. The number of aryl methyl sites for hydroxylation is 4. The van der Waals surface area contributed by atoms with Gasteiger partial charge in [-0.1, -0.05) is 24.8 Å². The van der Waals surface area contributed by atoms with Crippen molar-refractivity contribution in [2.45, 2.75) is 71.3 Å². The van der Waals surface area contributed by atoms with E-state index in [1.807, 2.05) is 52.8 Å². The Balaban J connectivity index is 2.23. The monoisotopic (exact) mass is 443 g/mol. The Kier molecular flexibility index (Phi) is 6.72. The minimum Gasteiger partial charge on any atom is -0.353 e. The van der Waals surface area contributed by atoms with Gasteiger partial charge in [-0.3, -0.25) is 14.2 Å². The first kappa shape index (κ1) is 22.6. The molecule has 0 spiro atoms. The molecular weight excluding hydrogens is 414 g/mol. The van der Waals surface area contributed by atoms with Crippen molar-refractivity contribution in [3.63, 3.8) is 0 Å². The van der Waals surface area contributed by atoms with E-state index < -0.39 is 0 Å². The first-order valence-electron chi connectivity index (χ1n) is 10.2. The second-order valence-electron chi connectivity index (χ2n) is 7.90. The summed E-state index contributed by atoms with van der Waals surface area (Å²) in [5.41, 5.74) is 4.05. The van der Waals surface area contributed by atoms with Crippen LogP contribution in [-0.4, -0.2) is 26.8 Å². The van der Waals surface area contributed by atoms with Crippen LogP contribution in [0.2, 0.25) is 0 Å². The molecule has 2 aromatic heterocycles. The number of carbonyl (C=O) groups excluding carboxylic acids is 1. The average Bonchev–Trinajstić information content (AvgIpc) is 2.99. The van der Waals surface area contributed by atoms with E-state index in [0.717, 1.165) is 32.9 Å². The number of thiophene rings is 1. The fourth-order valence-electron chi connectivity index (χ4n) is 3.41. The zero-order valence-corrected chi connectivity index (χ0v) is 20.3. The highest BCUT2D eigenvalue weighted by Crippen LogP contribution is 2.32. The van der Waals surface area contributed by atoms with Crippen molar-refractivity contribution in [2.75, 3.05) is 0 Å². The van der Waals surface area contributed by atoms with Crippen molar-refractivity contribution in [1.82, 2.24) is 14.9 Å². The lowest BCUT2D eigenvalue weighted by Crippen LogP contribution is -2.36. The van der Waals surface area contributed by atoms with E-state index in [1.54, 1.807) is 15.9 Å². The zero-order chi connectivity index (χ0) is 22.2. The zero-order valence-electron chi connectivity index (χ0n) is 18.6. The highest BCUT2D eigenvalue weighted by molar-refractivity contribution is 8.00. The molecule has 1 amide bonds.